The van der Waals surface area contributed by atoms with Gasteiger partial charge in [0.15, 0.2) is 0 Å². The van der Waals surface area contributed by atoms with E-state index in [1.54, 1.807) is 0 Å². The maximum Gasteiger partial charge on any atom is 0.415 e. The Balaban J connectivity index is 2.90. The molecule has 2 N–H and O–H groups in total. The van der Waals surface area contributed by atoms with Gasteiger partial charge in [-0.05, 0) is 0 Å². The van der Waals surface area contributed by atoms with Crippen molar-refractivity contribution in [2.75, 3.05) is 0 Å². The topological polar surface area (TPSA) is 40.5 Å². The SMILES string of the molecule is O[C@@H]1C(C(F)(F)F)=CC=C[C@@H]1O. The highest BCUT2D eigenvalue weighted by atomic mass is 19.4. The Morgan fingerprint density at radius 1 is 1.25 bits per heavy atom. The summed E-state index contributed by atoms with van der Waals surface area (Å²) in [5.41, 5.74) is -1.11. The van der Waals surface area contributed by atoms with Gasteiger partial charge in [-0.1, -0.05) is 18.2 Å². The smallest absolute Gasteiger partial charge is 0.386 e. The molecule has 0 aromatic rings. The summed E-state index contributed by atoms with van der Waals surface area (Å²) in [5, 5.41) is 17.7. The number of hydrogen-bond acceptors (Lipinski definition) is 2. The summed E-state index contributed by atoms with van der Waals surface area (Å²) in [6.45, 7) is 0. The third-order valence-corrected chi connectivity index (χ3v) is 1.55. The van der Waals surface area contributed by atoms with Crippen LogP contribution >= 0.6 is 0 Å². The molecule has 0 saturated carbocycles. The molecule has 2 nitrogen and oxygen atoms in total. The number of allylic oxidation sites excluding steroid dienone is 2. The van der Waals surface area contributed by atoms with Crippen LogP contribution in [0.4, 0.5) is 13.2 Å². The van der Waals surface area contributed by atoms with Gasteiger partial charge in [0, 0.05) is 0 Å². The predicted octanol–water partition coefficient (Wildman–Crippen LogP) is 0.767. The van der Waals surface area contributed by atoms with E-state index in [9.17, 15) is 13.2 Å². The first kappa shape index (κ1) is 9.28. The molecule has 0 aromatic heterocycles. The summed E-state index contributed by atoms with van der Waals surface area (Å²) in [6, 6.07) is 0. The molecule has 0 saturated heterocycles. The highest BCUT2D eigenvalue weighted by Gasteiger charge is 2.40. The quantitative estimate of drug-likeness (QED) is 0.578. The summed E-state index contributed by atoms with van der Waals surface area (Å²) in [4.78, 5) is 0. The molecule has 0 bridgehead atoms. The summed E-state index contributed by atoms with van der Waals surface area (Å²) in [5.74, 6) is 0. The van der Waals surface area contributed by atoms with E-state index in [1.807, 2.05) is 0 Å². The van der Waals surface area contributed by atoms with E-state index >= 15 is 0 Å². The van der Waals surface area contributed by atoms with Crippen molar-refractivity contribution >= 4 is 0 Å². The first-order chi connectivity index (χ1) is 5.43. The van der Waals surface area contributed by atoms with Crippen LogP contribution in [0.25, 0.3) is 0 Å². The Hall–Kier alpha value is -0.810. The van der Waals surface area contributed by atoms with E-state index in [4.69, 9.17) is 10.2 Å². The molecule has 0 aliphatic heterocycles. The lowest BCUT2D eigenvalue weighted by molar-refractivity contribution is -0.112. The summed E-state index contributed by atoms with van der Waals surface area (Å²) >= 11 is 0. The standard InChI is InChI=1S/C7H7F3O2/c8-7(9,10)4-2-1-3-5(11)6(4)12/h1-3,5-6,11-12H/t5-,6+/m0/s1. The second-order valence-corrected chi connectivity index (χ2v) is 2.44. The largest absolute Gasteiger partial charge is 0.415 e. The first-order valence-corrected chi connectivity index (χ1v) is 3.24. The third kappa shape index (κ3) is 1.67. The molecule has 1 aliphatic carbocycles. The van der Waals surface area contributed by atoms with Crippen molar-refractivity contribution < 1.29 is 23.4 Å². The summed E-state index contributed by atoms with van der Waals surface area (Å²) < 4.78 is 36.0. The van der Waals surface area contributed by atoms with Gasteiger partial charge in [-0.15, -0.1) is 0 Å². The zero-order valence-electron chi connectivity index (χ0n) is 5.92. The molecular formula is C7H7F3O2. The van der Waals surface area contributed by atoms with Crippen molar-refractivity contribution in [1.29, 1.82) is 0 Å². The minimum absolute atomic E-state index is 0.747. The maximum atomic E-state index is 12.0. The third-order valence-electron chi connectivity index (χ3n) is 1.55. The van der Waals surface area contributed by atoms with Gasteiger partial charge < -0.3 is 10.2 Å². The molecule has 5 heteroatoms. The van der Waals surface area contributed by atoms with Crippen LogP contribution in [0.1, 0.15) is 0 Å². The number of halogens is 3. The Bertz CT molecular complexity index is 229. The van der Waals surface area contributed by atoms with Gasteiger partial charge in [-0.2, -0.15) is 13.2 Å². The molecular weight excluding hydrogens is 173 g/mol. The Morgan fingerprint density at radius 2 is 1.83 bits per heavy atom. The second-order valence-electron chi connectivity index (χ2n) is 2.44. The molecule has 0 heterocycles. The van der Waals surface area contributed by atoms with Crippen LogP contribution in [0.2, 0.25) is 0 Å². The van der Waals surface area contributed by atoms with Crippen LogP contribution in [0.15, 0.2) is 23.8 Å². The number of aliphatic hydroxyl groups is 2. The van der Waals surface area contributed by atoms with E-state index in [-0.39, 0.29) is 0 Å². The van der Waals surface area contributed by atoms with E-state index in [2.05, 4.69) is 0 Å². The van der Waals surface area contributed by atoms with Crippen molar-refractivity contribution in [3.63, 3.8) is 0 Å². The van der Waals surface area contributed by atoms with E-state index < -0.39 is 24.0 Å². The predicted molar refractivity (Wildman–Crippen MR) is 35.3 cm³/mol. The maximum absolute atomic E-state index is 12.0. The summed E-state index contributed by atoms with van der Waals surface area (Å²) in [7, 11) is 0. The monoisotopic (exact) mass is 180 g/mol. The molecule has 0 aromatic carbocycles. The molecule has 0 amide bonds. The molecule has 68 valence electrons. The highest BCUT2D eigenvalue weighted by Crippen LogP contribution is 2.31. The van der Waals surface area contributed by atoms with Gasteiger partial charge in [0.05, 0.1) is 5.57 Å². The number of rotatable bonds is 0. The second kappa shape index (κ2) is 2.91. The molecule has 12 heavy (non-hydrogen) atoms. The fourth-order valence-electron chi connectivity index (χ4n) is 0.923. The van der Waals surface area contributed by atoms with Gasteiger partial charge >= 0.3 is 6.18 Å². The lowest BCUT2D eigenvalue weighted by Crippen LogP contribution is -2.34. The van der Waals surface area contributed by atoms with Crippen molar-refractivity contribution in [3.05, 3.63) is 23.8 Å². The van der Waals surface area contributed by atoms with Crippen molar-refractivity contribution in [2.45, 2.75) is 18.4 Å². The molecule has 0 spiro atoms. The summed E-state index contributed by atoms with van der Waals surface area (Å²) in [6.07, 6.45) is -5.00. The van der Waals surface area contributed by atoms with Crippen LogP contribution in [-0.4, -0.2) is 28.6 Å². The molecule has 1 rings (SSSR count). The number of aliphatic hydroxyl groups excluding tert-OH is 2. The minimum atomic E-state index is -4.58. The lowest BCUT2D eigenvalue weighted by atomic mass is 9.99. The fraction of sp³-hybridized carbons (Fsp3) is 0.429. The zero-order chi connectivity index (χ0) is 9.35. The number of alkyl halides is 3. The van der Waals surface area contributed by atoms with Gasteiger partial charge in [-0.25, -0.2) is 0 Å². The van der Waals surface area contributed by atoms with Crippen LogP contribution in [0.5, 0.6) is 0 Å². The van der Waals surface area contributed by atoms with E-state index in [1.165, 1.54) is 0 Å². The number of hydrogen-bond donors (Lipinski definition) is 2. The Labute approximate surface area is 66.6 Å². The lowest BCUT2D eigenvalue weighted by Gasteiger charge is -2.22. The first-order valence-electron chi connectivity index (χ1n) is 3.24. The van der Waals surface area contributed by atoms with Crippen molar-refractivity contribution in [2.24, 2.45) is 0 Å². The fourth-order valence-corrected chi connectivity index (χ4v) is 0.923. The van der Waals surface area contributed by atoms with Gasteiger partial charge in [0.25, 0.3) is 0 Å². The van der Waals surface area contributed by atoms with Crippen LogP contribution < -0.4 is 0 Å². The highest BCUT2D eigenvalue weighted by molar-refractivity contribution is 5.28. The normalized spacial score (nSPS) is 30.2. The van der Waals surface area contributed by atoms with Crippen molar-refractivity contribution in [3.8, 4) is 0 Å². The molecule has 2 atom stereocenters. The molecule has 1 aliphatic rings. The average Bonchev–Trinajstić information content (AvgIpc) is 1.92. The van der Waals surface area contributed by atoms with Crippen molar-refractivity contribution in [1.82, 2.24) is 0 Å². The Kier molecular flexibility index (Phi) is 2.25. The van der Waals surface area contributed by atoms with Crippen LogP contribution in [0.3, 0.4) is 0 Å². The molecule has 0 unspecified atom stereocenters. The van der Waals surface area contributed by atoms with Gasteiger partial charge in [0.2, 0.25) is 0 Å². The molecule has 0 fully saturated rings. The van der Waals surface area contributed by atoms with E-state index in [0.29, 0.717) is 0 Å². The van der Waals surface area contributed by atoms with Gasteiger partial charge in [0.1, 0.15) is 12.2 Å². The van der Waals surface area contributed by atoms with Crippen LogP contribution in [-0.2, 0) is 0 Å². The minimum Gasteiger partial charge on any atom is -0.386 e. The van der Waals surface area contributed by atoms with Crippen LogP contribution in [0, 0.1) is 0 Å². The Morgan fingerprint density at radius 3 is 2.25 bits per heavy atom. The molecule has 0 radical (unpaired) electrons. The van der Waals surface area contributed by atoms with Gasteiger partial charge in [-0.3, -0.25) is 0 Å². The zero-order valence-corrected chi connectivity index (χ0v) is 5.92. The average molecular weight is 180 g/mol. The van der Waals surface area contributed by atoms with E-state index in [0.717, 1.165) is 18.2 Å².